The average Bonchev–Trinajstić information content (AvgIpc) is 2.71. The van der Waals surface area contributed by atoms with E-state index in [0.717, 1.165) is 18.8 Å². The maximum absolute atomic E-state index is 12.6. The SMILES string of the molecule is CCNC(=NCc1ccccc1S(=O)(=O)N(C)C)N1CCC(C(=O)OCC)CC1.I. The first-order valence-corrected chi connectivity index (χ1v) is 11.5. The number of guanidine groups is 1. The predicted molar refractivity (Wildman–Crippen MR) is 128 cm³/mol. The Kier molecular flexibility index (Phi) is 11.1. The maximum atomic E-state index is 12.6. The molecule has 2 rings (SSSR count). The van der Waals surface area contributed by atoms with Gasteiger partial charge < -0.3 is 15.0 Å². The molecular formula is C20H33IN4O4S. The van der Waals surface area contributed by atoms with Crippen LogP contribution in [-0.2, 0) is 26.1 Å². The molecule has 8 nitrogen and oxygen atoms in total. The van der Waals surface area contributed by atoms with Gasteiger partial charge in [-0.2, -0.15) is 0 Å². The van der Waals surface area contributed by atoms with Crippen molar-refractivity contribution in [2.75, 3.05) is 40.3 Å². The van der Waals surface area contributed by atoms with Gasteiger partial charge in [0.25, 0.3) is 0 Å². The third kappa shape index (κ3) is 6.81. The number of likely N-dealkylation sites (tertiary alicyclic amines) is 1. The molecule has 0 radical (unpaired) electrons. The van der Waals surface area contributed by atoms with Gasteiger partial charge in [-0.05, 0) is 38.3 Å². The van der Waals surface area contributed by atoms with E-state index in [-0.39, 0.29) is 47.3 Å². The van der Waals surface area contributed by atoms with Gasteiger partial charge >= 0.3 is 5.97 Å². The van der Waals surface area contributed by atoms with Crippen molar-refractivity contribution in [3.63, 3.8) is 0 Å². The van der Waals surface area contributed by atoms with Crippen LogP contribution in [0, 0.1) is 5.92 Å². The van der Waals surface area contributed by atoms with Crippen LogP contribution < -0.4 is 5.32 Å². The molecule has 1 aliphatic heterocycles. The van der Waals surface area contributed by atoms with Crippen molar-refractivity contribution in [2.45, 2.75) is 38.1 Å². The molecule has 0 unspecified atom stereocenters. The Morgan fingerprint density at radius 1 is 1.23 bits per heavy atom. The monoisotopic (exact) mass is 552 g/mol. The summed E-state index contributed by atoms with van der Waals surface area (Å²) in [7, 11) is -0.494. The fourth-order valence-corrected chi connectivity index (χ4v) is 4.36. The normalized spacial score (nSPS) is 15.6. The fourth-order valence-electron chi connectivity index (χ4n) is 3.26. The van der Waals surface area contributed by atoms with E-state index in [1.54, 1.807) is 18.2 Å². The molecule has 0 spiro atoms. The van der Waals surface area contributed by atoms with Gasteiger partial charge in [-0.3, -0.25) is 4.79 Å². The van der Waals surface area contributed by atoms with Gasteiger partial charge in [0.2, 0.25) is 10.0 Å². The Morgan fingerprint density at radius 2 is 1.87 bits per heavy atom. The van der Waals surface area contributed by atoms with Crippen LogP contribution in [0.25, 0.3) is 0 Å². The first kappa shape index (κ1) is 26.6. The van der Waals surface area contributed by atoms with E-state index in [1.807, 2.05) is 19.9 Å². The number of nitrogens with zero attached hydrogens (tertiary/aromatic N) is 3. The number of benzene rings is 1. The highest BCUT2D eigenvalue weighted by Gasteiger charge is 2.27. The molecule has 170 valence electrons. The summed E-state index contributed by atoms with van der Waals surface area (Å²) in [5.74, 6) is 0.531. The Balaban J connectivity index is 0.00000450. The van der Waals surface area contributed by atoms with E-state index in [4.69, 9.17) is 4.74 Å². The zero-order valence-electron chi connectivity index (χ0n) is 18.1. The lowest BCUT2D eigenvalue weighted by Gasteiger charge is -2.33. The minimum atomic E-state index is -3.54. The summed E-state index contributed by atoms with van der Waals surface area (Å²) in [4.78, 5) is 19.0. The Morgan fingerprint density at radius 3 is 2.43 bits per heavy atom. The molecule has 0 aliphatic carbocycles. The summed E-state index contributed by atoms with van der Waals surface area (Å²) in [6.45, 7) is 6.57. The van der Waals surface area contributed by atoms with Gasteiger partial charge in [-0.15, -0.1) is 24.0 Å². The molecule has 0 atom stereocenters. The van der Waals surface area contributed by atoms with E-state index in [2.05, 4.69) is 15.2 Å². The van der Waals surface area contributed by atoms with Crippen LogP contribution in [0.5, 0.6) is 0 Å². The Bertz CT molecular complexity index is 822. The minimum Gasteiger partial charge on any atom is -0.466 e. The smallest absolute Gasteiger partial charge is 0.309 e. The summed E-state index contributed by atoms with van der Waals surface area (Å²) in [5, 5.41) is 3.27. The fraction of sp³-hybridized carbons (Fsp3) is 0.600. The Labute approximate surface area is 197 Å². The number of piperidine rings is 1. The lowest BCUT2D eigenvalue weighted by molar-refractivity contribution is -0.149. The summed E-state index contributed by atoms with van der Waals surface area (Å²) in [5.41, 5.74) is 0.651. The number of esters is 1. The standard InChI is InChI=1S/C20H32N4O4S.HI/c1-5-21-20(24-13-11-16(12-14-24)19(25)28-6-2)22-15-17-9-7-8-10-18(17)29(26,27)23(3)4;/h7-10,16H,5-6,11-15H2,1-4H3,(H,21,22);1H. The first-order chi connectivity index (χ1) is 13.8. The van der Waals surface area contributed by atoms with Crippen LogP contribution in [0.1, 0.15) is 32.3 Å². The van der Waals surface area contributed by atoms with Crippen LogP contribution in [0.15, 0.2) is 34.2 Å². The summed E-state index contributed by atoms with van der Waals surface area (Å²) in [6, 6.07) is 6.93. The molecule has 1 aromatic rings. The third-order valence-corrected chi connectivity index (χ3v) is 6.80. The number of halogens is 1. The molecule has 30 heavy (non-hydrogen) atoms. The average molecular weight is 552 g/mol. The molecule has 1 aliphatic rings. The van der Waals surface area contributed by atoms with Gasteiger partial charge in [0.15, 0.2) is 5.96 Å². The topological polar surface area (TPSA) is 91.3 Å². The van der Waals surface area contributed by atoms with Gasteiger partial charge in [-0.1, -0.05) is 18.2 Å². The zero-order valence-corrected chi connectivity index (χ0v) is 21.3. The van der Waals surface area contributed by atoms with Crippen LogP contribution in [0.4, 0.5) is 0 Å². The molecule has 10 heteroatoms. The van der Waals surface area contributed by atoms with Gasteiger partial charge in [0.1, 0.15) is 0 Å². The van der Waals surface area contributed by atoms with Crippen molar-refractivity contribution in [3.05, 3.63) is 29.8 Å². The second kappa shape index (κ2) is 12.5. The van der Waals surface area contributed by atoms with Crippen LogP contribution in [0.2, 0.25) is 0 Å². The number of nitrogens with one attached hydrogen (secondary N) is 1. The maximum Gasteiger partial charge on any atom is 0.309 e. The number of sulfonamides is 1. The lowest BCUT2D eigenvalue weighted by atomic mass is 9.97. The molecule has 0 saturated carbocycles. The number of hydrogen-bond acceptors (Lipinski definition) is 5. The first-order valence-electron chi connectivity index (χ1n) is 10.0. The summed E-state index contributed by atoms with van der Waals surface area (Å²) in [6.07, 6.45) is 1.43. The van der Waals surface area contributed by atoms with Crippen molar-refractivity contribution < 1.29 is 17.9 Å². The van der Waals surface area contributed by atoms with Crippen molar-refractivity contribution >= 4 is 45.9 Å². The number of hydrogen-bond donors (Lipinski definition) is 1. The predicted octanol–water partition coefficient (Wildman–Crippen LogP) is 2.30. The van der Waals surface area contributed by atoms with E-state index in [1.165, 1.54) is 18.4 Å². The van der Waals surface area contributed by atoms with Gasteiger partial charge in [-0.25, -0.2) is 17.7 Å². The van der Waals surface area contributed by atoms with Crippen molar-refractivity contribution in [1.82, 2.24) is 14.5 Å². The Hall–Kier alpha value is -1.40. The largest absolute Gasteiger partial charge is 0.466 e. The summed E-state index contributed by atoms with van der Waals surface area (Å²) < 4.78 is 31.5. The van der Waals surface area contributed by atoms with E-state index >= 15 is 0 Å². The second-order valence-electron chi connectivity index (χ2n) is 7.08. The number of carbonyl (C=O) groups is 1. The van der Waals surface area contributed by atoms with Crippen molar-refractivity contribution in [3.8, 4) is 0 Å². The highest BCUT2D eigenvalue weighted by atomic mass is 127. The van der Waals surface area contributed by atoms with Crippen molar-refractivity contribution in [1.29, 1.82) is 0 Å². The third-order valence-electron chi connectivity index (χ3n) is 4.88. The molecule has 1 aromatic carbocycles. The van der Waals surface area contributed by atoms with Crippen molar-refractivity contribution in [2.24, 2.45) is 10.9 Å². The lowest BCUT2D eigenvalue weighted by Crippen LogP contribution is -2.46. The number of aliphatic imine (C=N–C) groups is 1. The molecule has 0 bridgehead atoms. The molecule has 1 N–H and O–H groups in total. The van der Waals surface area contributed by atoms with E-state index < -0.39 is 10.0 Å². The minimum absolute atomic E-state index is 0. The van der Waals surface area contributed by atoms with Gasteiger partial charge in [0, 0.05) is 33.7 Å². The highest BCUT2D eigenvalue weighted by Crippen LogP contribution is 2.21. The number of carbonyl (C=O) groups excluding carboxylic acids is 1. The second-order valence-corrected chi connectivity index (χ2v) is 9.20. The summed E-state index contributed by atoms with van der Waals surface area (Å²) >= 11 is 0. The number of rotatable bonds is 7. The molecule has 1 fully saturated rings. The van der Waals surface area contributed by atoms with Crippen LogP contribution in [0.3, 0.4) is 0 Å². The molecule has 0 amide bonds. The molecule has 1 saturated heterocycles. The molecular weight excluding hydrogens is 519 g/mol. The molecule has 1 heterocycles. The zero-order chi connectivity index (χ0) is 21.4. The molecule has 0 aromatic heterocycles. The quantitative estimate of drug-likeness (QED) is 0.242. The highest BCUT2D eigenvalue weighted by molar-refractivity contribution is 14.0. The van der Waals surface area contributed by atoms with E-state index in [9.17, 15) is 13.2 Å². The number of ether oxygens (including phenoxy) is 1. The van der Waals surface area contributed by atoms with Gasteiger partial charge in [0.05, 0.1) is 24.0 Å². The van der Waals surface area contributed by atoms with Crippen LogP contribution >= 0.6 is 24.0 Å². The van der Waals surface area contributed by atoms with Crippen LogP contribution in [-0.4, -0.2) is 69.9 Å². The van der Waals surface area contributed by atoms with E-state index in [0.29, 0.717) is 31.8 Å².